The monoisotopic (exact) mass is 480 g/mol. The van der Waals surface area contributed by atoms with Gasteiger partial charge in [-0.3, -0.25) is 4.79 Å². The van der Waals surface area contributed by atoms with Crippen molar-refractivity contribution in [1.82, 2.24) is 19.2 Å². The number of hydrogen-bond acceptors (Lipinski definition) is 5. The van der Waals surface area contributed by atoms with Crippen molar-refractivity contribution >= 4 is 50.3 Å². The van der Waals surface area contributed by atoms with Crippen LogP contribution in [-0.4, -0.2) is 48.0 Å². The Morgan fingerprint density at radius 1 is 1.23 bits per heavy atom. The Kier molecular flexibility index (Phi) is 7.64. The molecule has 10 heteroatoms. The van der Waals surface area contributed by atoms with Crippen molar-refractivity contribution in [3.8, 4) is 0 Å². The molecule has 1 heterocycles. The molecule has 166 valence electrons. The number of rotatable bonds is 9. The van der Waals surface area contributed by atoms with Gasteiger partial charge in [0.15, 0.2) is 5.16 Å². The molecule has 0 aliphatic carbocycles. The van der Waals surface area contributed by atoms with E-state index in [1.165, 1.54) is 25.9 Å². The SMILES string of the molecule is CCCn1c(SCC(=O)NCc2ccccc2S(=O)(=O)N(C)C)nc2cc(Cl)ccc21. The number of aromatic nitrogens is 2. The quantitative estimate of drug-likeness (QED) is 0.471. The van der Waals surface area contributed by atoms with Crippen molar-refractivity contribution in [2.24, 2.45) is 0 Å². The van der Waals surface area contributed by atoms with Crippen molar-refractivity contribution in [1.29, 1.82) is 0 Å². The van der Waals surface area contributed by atoms with Crippen LogP contribution in [0.15, 0.2) is 52.5 Å². The number of aryl methyl sites for hydroxylation is 1. The lowest BCUT2D eigenvalue weighted by atomic mass is 10.2. The van der Waals surface area contributed by atoms with E-state index in [1.54, 1.807) is 24.3 Å². The Morgan fingerprint density at radius 3 is 2.68 bits per heavy atom. The predicted octanol–water partition coefficient (Wildman–Crippen LogP) is 3.76. The molecule has 3 rings (SSSR count). The van der Waals surface area contributed by atoms with Crippen LogP contribution in [0.3, 0.4) is 0 Å². The molecule has 0 saturated heterocycles. The normalized spacial score (nSPS) is 11.9. The zero-order chi connectivity index (χ0) is 22.6. The van der Waals surface area contributed by atoms with Gasteiger partial charge in [0.2, 0.25) is 15.9 Å². The lowest BCUT2D eigenvalue weighted by Gasteiger charge is -2.15. The molecule has 0 aliphatic heterocycles. The van der Waals surface area contributed by atoms with Crippen LogP contribution >= 0.6 is 23.4 Å². The maximum Gasteiger partial charge on any atom is 0.242 e. The molecule has 1 amide bonds. The molecule has 31 heavy (non-hydrogen) atoms. The van der Waals surface area contributed by atoms with E-state index in [9.17, 15) is 13.2 Å². The van der Waals surface area contributed by atoms with Gasteiger partial charge in [0.05, 0.1) is 21.7 Å². The third-order valence-electron chi connectivity index (χ3n) is 4.66. The fourth-order valence-electron chi connectivity index (χ4n) is 3.10. The Balaban J connectivity index is 1.69. The minimum Gasteiger partial charge on any atom is -0.351 e. The van der Waals surface area contributed by atoms with Gasteiger partial charge in [0.1, 0.15) is 0 Å². The molecule has 0 spiro atoms. The first-order valence-electron chi connectivity index (χ1n) is 9.79. The number of carbonyl (C=O) groups excluding carboxylic acids is 1. The van der Waals surface area contributed by atoms with E-state index in [0.717, 1.165) is 33.5 Å². The number of amides is 1. The van der Waals surface area contributed by atoms with Gasteiger partial charge >= 0.3 is 0 Å². The van der Waals surface area contributed by atoms with Crippen LogP contribution < -0.4 is 5.32 Å². The lowest BCUT2D eigenvalue weighted by molar-refractivity contribution is -0.118. The number of sulfonamides is 1. The summed E-state index contributed by atoms with van der Waals surface area (Å²) >= 11 is 7.43. The Bertz CT molecular complexity index is 1190. The minimum atomic E-state index is -3.59. The van der Waals surface area contributed by atoms with Gasteiger partial charge in [-0.1, -0.05) is 48.5 Å². The Hall–Kier alpha value is -2.07. The first-order chi connectivity index (χ1) is 14.7. The van der Waals surface area contributed by atoms with Crippen molar-refractivity contribution < 1.29 is 13.2 Å². The van der Waals surface area contributed by atoms with E-state index in [4.69, 9.17) is 11.6 Å². The van der Waals surface area contributed by atoms with Crippen LogP contribution in [-0.2, 0) is 27.9 Å². The van der Waals surface area contributed by atoms with Gasteiger partial charge in [-0.25, -0.2) is 17.7 Å². The molecule has 0 aliphatic rings. The Morgan fingerprint density at radius 2 is 1.97 bits per heavy atom. The molecule has 0 radical (unpaired) electrons. The van der Waals surface area contributed by atoms with E-state index < -0.39 is 10.0 Å². The van der Waals surface area contributed by atoms with E-state index in [0.29, 0.717) is 10.6 Å². The number of fused-ring (bicyclic) bond motifs is 1. The van der Waals surface area contributed by atoms with Gasteiger partial charge < -0.3 is 9.88 Å². The van der Waals surface area contributed by atoms with Crippen LogP contribution in [0.25, 0.3) is 11.0 Å². The molecule has 2 aromatic carbocycles. The fraction of sp³-hybridized carbons (Fsp3) is 0.333. The molecule has 1 aromatic heterocycles. The molecule has 3 aromatic rings. The van der Waals surface area contributed by atoms with Crippen LogP contribution in [0.5, 0.6) is 0 Å². The lowest BCUT2D eigenvalue weighted by Crippen LogP contribution is -2.28. The zero-order valence-electron chi connectivity index (χ0n) is 17.6. The molecule has 0 bridgehead atoms. The number of hydrogen-bond donors (Lipinski definition) is 1. The number of benzene rings is 2. The average Bonchev–Trinajstić information content (AvgIpc) is 3.07. The van der Waals surface area contributed by atoms with Gasteiger partial charge in [-0.2, -0.15) is 0 Å². The van der Waals surface area contributed by atoms with Gasteiger partial charge in [-0.05, 0) is 36.2 Å². The summed E-state index contributed by atoms with van der Waals surface area (Å²) in [6, 6.07) is 12.3. The molecule has 0 unspecified atom stereocenters. The minimum absolute atomic E-state index is 0.129. The number of nitrogens with zero attached hydrogens (tertiary/aromatic N) is 3. The summed E-state index contributed by atoms with van der Waals surface area (Å²) in [5.41, 5.74) is 2.33. The maximum atomic E-state index is 12.5. The van der Waals surface area contributed by atoms with E-state index in [1.807, 2.05) is 18.2 Å². The van der Waals surface area contributed by atoms with Gasteiger partial charge in [0, 0.05) is 32.2 Å². The highest BCUT2D eigenvalue weighted by Gasteiger charge is 2.21. The second kappa shape index (κ2) is 10.0. The summed E-state index contributed by atoms with van der Waals surface area (Å²) in [5, 5.41) is 4.19. The van der Waals surface area contributed by atoms with Crippen molar-refractivity contribution in [3.63, 3.8) is 0 Å². The number of thioether (sulfide) groups is 1. The standard InChI is InChI=1S/C21H25ClN4O3S2/c1-4-11-26-18-10-9-16(22)12-17(18)24-21(26)30-14-20(27)23-13-15-7-5-6-8-19(15)31(28,29)25(2)3/h5-10,12H,4,11,13-14H2,1-3H3,(H,23,27). The molecule has 7 nitrogen and oxygen atoms in total. The summed E-state index contributed by atoms with van der Waals surface area (Å²) in [6.45, 7) is 3.00. The van der Waals surface area contributed by atoms with Gasteiger partial charge in [0.25, 0.3) is 0 Å². The van der Waals surface area contributed by atoms with Crippen LogP contribution in [0.4, 0.5) is 0 Å². The van der Waals surface area contributed by atoms with E-state index in [2.05, 4.69) is 21.8 Å². The highest BCUT2D eigenvalue weighted by Crippen LogP contribution is 2.26. The smallest absolute Gasteiger partial charge is 0.242 e. The Labute approximate surface area is 191 Å². The van der Waals surface area contributed by atoms with E-state index >= 15 is 0 Å². The third-order valence-corrected chi connectivity index (χ3v) is 7.79. The van der Waals surface area contributed by atoms with Crippen molar-refractivity contribution in [2.75, 3.05) is 19.8 Å². The van der Waals surface area contributed by atoms with Crippen molar-refractivity contribution in [3.05, 3.63) is 53.1 Å². The summed E-state index contributed by atoms with van der Waals surface area (Å²) < 4.78 is 28.3. The fourth-order valence-corrected chi connectivity index (χ4v) is 5.26. The molecule has 0 fully saturated rings. The third kappa shape index (κ3) is 5.41. The topological polar surface area (TPSA) is 84.3 Å². The number of imidazole rings is 1. The molecule has 1 N–H and O–H groups in total. The van der Waals surface area contributed by atoms with E-state index in [-0.39, 0.29) is 23.1 Å². The average molecular weight is 481 g/mol. The second-order valence-electron chi connectivity index (χ2n) is 7.14. The van der Waals surface area contributed by atoms with Gasteiger partial charge in [-0.15, -0.1) is 0 Å². The van der Waals surface area contributed by atoms with Crippen molar-refractivity contribution in [2.45, 2.75) is 36.5 Å². The molecular weight excluding hydrogens is 456 g/mol. The summed E-state index contributed by atoms with van der Waals surface area (Å²) in [5.74, 6) is -0.0289. The first-order valence-corrected chi connectivity index (χ1v) is 12.6. The summed E-state index contributed by atoms with van der Waals surface area (Å²) in [6.07, 6.45) is 0.935. The zero-order valence-corrected chi connectivity index (χ0v) is 20.0. The van der Waals surface area contributed by atoms with Crippen LogP contribution in [0, 0.1) is 0 Å². The van der Waals surface area contributed by atoms with Crippen LogP contribution in [0.2, 0.25) is 5.02 Å². The number of carbonyl (C=O) groups is 1. The molecular formula is C21H25ClN4O3S2. The first kappa shape index (κ1) is 23.6. The summed E-state index contributed by atoms with van der Waals surface area (Å²) in [4.78, 5) is 17.3. The highest BCUT2D eigenvalue weighted by atomic mass is 35.5. The largest absolute Gasteiger partial charge is 0.351 e. The molecule has 0 saturated carbocycles. The highest BCUT2D eigenvalue weighted by molar-refractivity contribution is 7.99. The maximum absolute atomic E-state index is 12.5. The number of halogens is 1. The second-order valence-corrected chi connectivity index (χ2v) is 10.6. The molecule has 0 atom stereocenters. The summed E-state index contributed by atoms with van der Waals surface area (Å²) in [7, 11) is -0.622. The number of nitrogens with one attached hydrogen (secondary N) is 1. The predicted molar refractivity (Wildman–Crippen MR) is 125 cm³/mol. The van der Waals surface area contributed by atoms with Crippen LogP contribution in [0.1, 0.15) is 18.9 Å².